The highest BCUT2D eigenvalue weighted by Gasteiger charge is 2.43. The largest absolute Gasteiger partial charge is 0.326 e. The molecule has 0 aromatic carbocycles. The molecule has 3 unspecified atom stereocenters. The Balaban J connectivity index is 2.00. The van der Waals surface area contributed by atoms with Gasteiger partial charge in [0.2, 0.25) is 0 Å². The third-order valence-corrected chi connectivity index (χ3v) is 5.15. The molecule has 1 saturated heterocycles. The van der Waals surface area contributed by atoms with Crippen LogP contribution in [0.5, 0.6) is 0 Å². The van der Waals surface area contributed by atoms with Crippen LogP contribution in [-0.4, -0.2) is 54.6 Å². The van der Waals surface area contributed by atoms with E-state index in [0.717, 1.165) is 6.04 Å². The molecular formula is C14H29N3. The molecule has 2 aliphatic rings. The third kappa shape index (κ3) is 2.51. The molecule has 2 N–H and O–H groups in total. The zero-order valence-corrected chi connectivity index (χ0v) is 11.9. The fourth-order valence-electron chi connectivity index (χ4n) is 3.51. The molecule has 0 spiro atoms. The number of nitrogens with zero attached hydrogens (tertiary/aromatic N) is 2. The second-order valence-corrected chi connectivity index (χ2v) is 6.66. The number of likely N-dealkylation sites (N-methyl/N-ethyl adjacent to an activating group) is 1. The van der Waals surface area contributed by atoms with Crippen molar-refractivity contribution in [1.29, 1.82) is 0 Å². The first-order valence-corrected chi connectivity index (χ1v) is 7.15. The molecular weight excluding hydrogens is 210 g/mol. The Labute approximate surface area is 106 Å². The summed E-state index contributed by atoms with van der Waals surface area (Å²) < 4.78 is 0. The van der Waals surface area contributed by atoms with Crippen LogP contribution in [0.1, 0.15) is 40.0 Å². The van der Waals surface area contributed by atoms with Gasteiger partial charge in [0, 0.05) is 37.8 Å². The average molecular weight is 239 g/mol. The van der Waals surface area contributed by atoms with Crippen LogP contribution in [0.25, 0.3) is 0 Å². The van der Waals surface area contributed by atoms with Gasteiger partial charge in [0.05, 0.1) is 0 Å². The first kappa shape index (κ1) is 13.3. The highest BCUT2D eigenvalue weighted by Crippen LogP contribution is 2.39. The van der Waals surface area contributed by atoms with Gasteiger partial charge in [0.15, 0.2) is 0 Å². The van der Waals surface area contributed by atoms with Gasteiger partial charge in [0.25, 0.3) is 0 Å². The summed E-state index contributed by atoms with van der Waals surface area (Å²) >= 11 is 0. The second kappa shape index (κ2) is 4.87. The lowest BCUT2D eigenvalue weighted by molar-refractivity contribution is 0.0541. The second-order valence-electron chi connectivity index (χ2n) is 6.66. The zero-order chi connectivity index (χ0) is 12.6. The van der Waals surface area contributed by atoms with Gasteiger partial charge >= 0.3 is 0 Å². The molecule has 3 nitrogen and oxygen atoms in total. The van der Waals surface area contributed by atoms with Gasteiger partial charge in [-0.2, -0.15) is 0 Å². The maximum Gasteiger partial charge on any atom is 0.0253 e. The van der Waals surface area contributed by atoms with Crippen molar-refractivity contribution >= 4 is 0 Å². The van der Waals surface area contributed by atoms with E-state index in [1.807, 2.05) is 0 Å². The smallest absolute Gasteiger partial charge is 0.0253 e. The molecule has 1 aliphatic carbocycles. The van der Waals surface area contributed by atoms with Crippen molar-refractivity contribution in [1.82, 2.24) is 9.80 Å². The van der Waals surface area contributed by atoms with Crippen molar-refractivity contribution < 1.29 is 0 Å². The van der Waals surface area contributed by atoms with Crippen LogP contribution in [0.4, 0.5) is 0 Å². The quantitative estimate of drug-likeness (QED) is 0.793. The van der Waals surface area contributed by atoms with E-state index in [0.29, 0.717) is 17.5 Å². The molecule has 2 fully saturated rings. The molecule has 0 bridgehead atoms. The fraction of sp³-hybridized carbons (Fsp3) is 1.00. The van der Waals surface area contributed by atoms with E-state index in [1.165, 1.54) is 38.9 Å². The van der Waals surface area contributed by atoms with Gasteiger partial charge in [-0.3, -0.25) is 4.90 Å². The highest BCUT2D eigenvalue weighted by atomic mass is 15.3. The summed E-state index contributed by atoms with van der Waals surface area (Å²) in [6.45, 7) is 10.5. The molecule has 2 rings (SSSR count). The summed E-state index contributed by atoms with van der Waals surface area (Å²) in [4.78, 5) is 5.16. The Morgan fingerprint density at radius 2 is 2.00 bits per heavy atom. The average Bonchev–Trinajstić information content (AvgIpc) is 2.56. The Morgan fingerprint density at radius 3 is 2.53 bits per heavy atom. The normalized spacial score (nSPS) is 39.7. The molecule has 0 aromatic heterocycles. The van der Waals surface area contributed by atoms with Gasteiger partial charge in [0.1, 0.15) is 0 Å². The predicted octanol–water partition coefficient (Wildman–Crippen LogP) is 1.53. The standard InChI is InChI=1S/C14H29N3/c1-5-11-10-17(9-8-16(11)4)12-6-7-14(2,3)13(12)15/h11-13H,5-10,15H2,1-4H3. The SMILES string of the molecule is CCC1CN(C2CCC(C)(C)C2N)CCN1C. The van der Waals surface area contributed by atoms with E-state index in [2.05, 4.69) is 37.6 Å². The molecule has 1 aliphatic heterocycles. The van der Waals surface area contributed by atoms with Crippen LogP contribution in [0, 0.1) is 5.41 Å². The topological polar surface area (TPSA) is 32.5 Å². The van der Waals surface area contributed by atoms with Gasteiger partial charge in [-0.05, 0) is 31.7 Å². The summed E-state index contributed by atoms with van der Waals surface area (Å²) in [5.41, 5.74) is 6.78. The Morgan fingerprint density at radius 1 is 1.29 bits per heavy atom. The fourth-order valence-corrected chi connectivity index (χ4v) is 3.51. The van der Waals surface area contributed by atoms with Crippen molar-refractivity contribution in [3.8, 4) is 0 Å². The van der Waals surface area contributed by atoms with Crippen LogP contribution in [0.3, 0.4) is 0 Å². The minimum absolute atomic E-state index is 0.329. The van der Waals surface area contributed by atoms with Crippen molar-refractivity contribution in [2.24, 2.45) is 11.1 Å². The molecule has 17 heavy (non-hydrogen) atoms. The van der Waals surface area contributed by atoms with Gasteiger partial charge < -0.3 is 10.6 Å². The molecule has 3 atom stereocenters. The van der Waals surface area contributed by atoms with E-state index in [9.17, 15) is 0 Å². The van der Waals surface area contributed by atoms with Crippen LogP contribution < -0.4 is 5.73 Å². The van der Waals surface area contributed by atoms with E-state index >= 15 is 0 Å². The Kier molecular flexibility index (Phi) is 3.81. The van der Waals surface area contributed by atoms with Gasteiger partial charge in [-0.25, -0.2) is 0 Å². The van der Waals surface area contributed by atoms with E-state index in [-0.39, 0.29) is 0 Å². The summed E-state index contributed by atoms with van der Waals surface area (Å²) in [5.74, 6) is 0. The maximum absolute atomic E-state index is 6.45. The van der Waals surface area contributed by atoms with Crippen molar-refractivity contribution in [2.75, 3.05) is 26.7 Å². The van der Waals surface area contributed by atoms with E-state index in [1.54, 1.807) is 0 Å². The molecule has 0 aromatic rings. The molecule has 0 radical (unpaired) electrons. The summed E-state index contributed by atoms with van der Waals surface area (Å²) in [6.07, 6.45) is 3.81. The Hall–Kier alpha value is -0.120. The highest BCUT2D eigenvalue weighted by molar-refractivity contribution is 5.00. The molecule has 1 heterocycles. The lowest BCUT2D eigenvalue weighted by Crippen LogP contribution is -2.58. The summed E-state index contributed by atoms with van der Waals surface area (Å²) in [5, 5.41) is 0. The van der Waals surface area contributed by atoms with Crippen LogP contribution >= 0.6 is 0 Å². The maximum atomic E-state index is 6.45. The minimum Gasteiger partial charge on any atom is -0.326 e. The zero-order valence-electron chi connectivity index (χ0n) is 11.9. The Bertz CT molecular complexity index is 264. The predicted molar refractivity (Wildman–Crippen MR) is 73.1 cm³/mol. The first-order chi connectivity index (χ1) is 7.95. The number of rotatable bonds is 2. The van der Waals surface area contributed by atoms with Gasteiger partial charge in [-0.1, -0.05) is 20.8 Å². The number of nitrogens with two attached hydrogens (primary N) is 1. The summed E-state index contributed by atoms with van der Waals surface area (Å²) in [6, 6.07) is 1.69. The lowest BCUT2D eigenvalue weighted by Gasteiger charge is -2.44. The molecule has 100 valence electrons. The number of hydrogen-bond acceptors (Lipinski definition) is 3. The monoisotopic (exact) mass is 239 g/mol. The number of piperazine rings is 1. The van der Waals surface area contributed by atoms with E-state index in [4.69, 9.17) is 5.73 Å². The van der Waals surface area contributed by atoms with Crippen LogP contribution in [-0.2, 0) is 0 Å². The first-order valence-electron chi connectivity index (χ1n) is 7.15. The lowest BCUT2D eigenvalue weighted by atomic mass is 9.87. The van der Waals surface area contributed by atoms with Crippen molar-refractivity contribution in [3.05, 3.63) is 0 Å². The van der Waals surface area contributed by atoms with Crippen LogP contribution in [0.15, 0.2) is 0 Å². The van der Waals surface area contributed by atoms with Crippen LogP contribution in [0.2, 0.25) is 0 Å². The van der Waals surface area contributed by atoms with Crippen molar-refractivity contribution in [3.63, 3.8) is 0 Å². The minimum atomic E-state index is 0.329. The van der Waals surface area contributed by atoms with E-state index < -0.39 is 0 Å². The summed E-state index contributed by atoms with van der Waals surface area (Å²) in [7, 11) is 2.25. The molecule has 3 heteroatoms. The number of hydrogen-bond donors (Lipinski definition) is 1. The van der Waals surface area contributed by atoms with Crippen molar-refractivity contribution in [2.45, 2.75) is 58.2 Å². The molecule has 1 saturated carbocycles. The van der Waals surface area contributed by atoms with Gasteiger partial charge in [-0.15, -0.1) is 0 Å². The third-order valence-electron chi connectivity index (χ3n) is 5.15. The molecule has 0 amide bonds.